The Hall–Kier alpha value is -1.96. The lowest BCUT2D eigenvalue weighted by Crippen LogP contribution is -2.33. The molecule has 1 heterocycles. The first-order valence-corrected chi connectivity index (χ1v) is 5.98. The van der Waals surface area contributed by atoms with Gasteiger partial charge in [0, 0.05) is 19.3 Å². The summed E-state index contributed by atoms with van der Waals surface area (Å²) in [5, 5.41) is 9.07. The van der Waals surface area contributed by atoms with Crippen LogP contribution in [0.25, 0.3) is 0 Å². The maximum absolute atomic E-state index is 12.2. The van der Waals surface area contributed by atoms with E-state index in [1.807, 2.05) is 20.8 Å². The van der Waals surface area contributed by atoms with Crippen LogP contribution in [0.2, 0.25) is 0 Å². The molecular weight excluding hydrogens is 228 g/mol. The van der Waals surface area contributed by atoms with Crippen LogP contribution >= 0.6 is 0 Å². The minimum Gasteiger partial charge on any atom is -0.384 e. The van der Waals surface area contributed by atoms with E-state index in [-0.39, 0.29) is 5.91 Å². The van der Waals surface area contributed by atoms with Crippen molar-refractivity contribution in [3.05, 3.63) is 16.8 Å². The monoisotopic (exact) mass is 248 g/mol. The van der Waals surface area contributed by atoms with E-state index in [2.05, 4.69) is 6.07 Å². The highest BCUT2D eigenvalue weighted by atomic mass is 16.2. The molecule has 0 spiro atoms. The second-order valence-electron chi connectivity index (χ2n) is 4.48. The summed E-state index contributed by atoms with van der Waals surface area (Å²) >= 11 is 0. The van der Waals surface area contributed by atoms with E-state index in [9.17, 15) is 4.79 Å². The third-order valence-electron chi connectivity index (χ3n) is 3.50. The number of nitrogens with two attached hydrogens (primary N) is 1. The van der Waals surface area contributed by atoms with E-state index in [4.69, 9.17) is 11.0 Å². The van der Waals surface area contributed by atoms with Gasteiger partial charge in [0.2, 0.25) is 5.91 Å². The van der Waals surface area contributed by atoms with Gasteiger partial charge in [-0.2, -0.15) is 5.26 Å². The van der Waals surface area contributed by atoms with Gasteiger partial charge in [0.05, 0.1) is 5.56 Å². The maximum atomic E-state index is 12.2. The summed E-state index contributed by atoms with van der Waals surface area (Å²) in [6.45, 7) is 8.10. The van der Waals surface area contributed by atoms with E-state index in [1.54, 1.807) is 23.4 Å². The summed E-state index contributed by atoms with van der Waals surface area (Å²) in [6, 6.07) is 1.70. The number of hydrogen-bond donors (Lipinski definition) is 1. The second kappa shape index (κ2) is 5.13. The first kappa shape index (κ1) is 14.1. The van der Waals surface area contributed by atoms with Gasteiger partial charge in [-0.1, -0.05) is 0 Å². The van der Waals surface area contributed by atoms with Crippen molar-refractivity contribution in [2.24, 2.45) is 0 Å². The predicted octanol–water partition coefficient (Wildman–Crippen LogP) is 1.60. The molecule has 1 aromatic rings. The number of aromatic nitrogens is 1. The van der Waals surface area contributed by atoms with Crippen LogP contribution in [0.5, 0.6) is 0 Å². The van der Waals surface area contributed by atoms with Gasteiger partial charge in [-0.05, 0) is 33.3 Å². The predicted molar refractivity (Wildman–Crippen MR) is 71.1 cm³/mol. The Morgan fingerprint density at radius 2 is 2.11 bits per heavy atom. The number of hydrogen-bond acceptors (Lipinski definition) is 3. The molecule has 0 aliphatic carbocycles. The quantitative estimate of drug-likeness (QED) is 0.882. The fourth-order valence-electron chi connectivity index (χ4n) is 2.08. The van der Waals surface area contributed by atoms with E-state index < -0.39 is 6.04 Å². The van der Waals surface area contributed by atoms with E-state index in [0.29, 0.717) is 17.9 Å². The number of amides is 1. The minimum absolute atomic E-state index is 0.00760. The first-order valence-electron chi connectivity index (χ1n) is 5.98. The molecule has 0 aliphatic heterocycles. The summed E-state index contributed by atoms with van der Waals surface area (Å²) in [6.07, 6.45) is 0. The molecule has 98 valence electrons. The molecule has 0 bridgehead atoms. The van der Waals surface area contributed by atoms with E-state index >= 15 is 0 Å². The Kier molecular flexibility index (Phi) is 4.02. The number of nitrogen functional groups attached to an aromatic ring is 1. The maximum Gasteiger partial charge on any atom is 0.245 e. The molecule has 0 saturated carbocycles. The van der Waals surface area contributed by atoms with Gasteiger partial charge in [0.1, 0.15) is 17.9 Å². The molecule has 5 nitrogen and oxygen atoms in total. The molecule has 1 amide bonds. The summed E-state index contributed by atoms with van der Waals surface area (Å²) in [4.78, 5) is 13.8. The Labute approximate surface area is 108 Å². The molecule has 1 aromatic heterocycles. The van der Waals surface area contributed by atoms with Crippen LogP contribution in [-0.4, -0.2) is 29.0 Å². The molecule has 18 heavy (non-hydrogen) atoms. The van der Waals surface area contributed by atoms with Gasteiger partial charge >= 0.3 is 0 Å². The van der Waals surface area contributed by atoms with Crippen LogP contribution in [0.3, 0.4) is 0 Å². The number of rotatable bonds is 3. The van der Waals surface area contributed by atoms with Crippen LogP contribution in [0.15, 0.2) is 0 Å². The number of anilines is 1. The Bertz CT molecular complexity index is 510. The van der Waals surface area contributed by atoms with Crippen molar-refractivity contribution in [3.8, 4) is 6.07 Å². The van der Waals surface area contributed by atoms with Crippen molar-refractivity contribution >= 4 is 11.7 Å². The lowest BCUT2D eigenvalue weighted by atomic mass is 10.2. The molecule has 1 unspecified atom stereocenters. The molecular formula is C13H20N4O. The summed E-state index contributed by atoms with van der Waals surface area (Å²) in [7, 11) is 1.76. The number of nitriles is 1. The van der Waals surface area contributed by atoms with Crippen molar-refractivity contribution in [1.82, 2.24) is 9.47 Å². The van der Waals surface area contributed by atoms with Gasteiger partial charge in [-0.3, -0.25) is 4.79 Å². The molecule has 0 fully saturated rings. The lowest BCUT2D eigenvalue weighted by molar-refractivity contribution is -0.132. The summed E-state index contributed by atoms with van der Waals surface area (Å²) in [5.41, 5.74) is 8.14. The smallest absolute Gasteiger partial charge is 0.245 e. The zero-order valence-corrected chi connectivity index (χ0v) is 11.6. The zero-order valence-electron chi connectivity index (χ0n) is 11.6. The van der Waals surface area contributed by atoms with Crippen LogP contribution in [-0.2, 0) is 4.79 Å². The van der Waals surface area contributed by atoms with Crippen LogP contribution in [0.1, 0.15) is 36.7 Å². The molecule has 0 radical (unpaired) electrons. The lowest BCUT2D eigenvalue weighted by Gasteiger charge is -2.23. The van der Waals surface area contributed by atoms with Gasteiger partial charge < -0.3 is 15.2 Å². The second-order valence-corrected chi connectivity index (χ2v) is 4.48. The number of nitrogens with zero attached hydrogens (tertiary/aromatic N) is 3. The molecule has 2 N–H and O–H groups in total. The molecule has 0 saturated heterocycles. The molecule has 1 atom stereocenters. The van der Waals surface area contributed by atoms with E-state index in [0.717, 1.165) is 11.3 Å². The first-order chi connectivity index (χ1) is 8.36. The van der Waals surface area contributed by atoms with Gasteiger partial charge in [0.25, 0.3) is 0 Å². The van der Waals surface area contributed by atoms with E-state index in [1.165, 1.54) is 0 Å². The van der Waals surface area contributed by atoms with Crippen LogP contribution in [0.4, 0.5) is 5.82 Å². The van der Waals surface area contributed by atoms with Crippen molar-refractivity contribution in [2.45, 2.75) is 33.7 Å². The SMILES string of the molecule is CCN(C)C(=O)C(C)n1c(C)c(C)c(C#N)c1N. The normalized spacial score (nSPS) is 12.0. The number of likely N-dealkylation sites (N-methyl/N-ethyl adjacent to an activating group) is 1. The highest BCUT2D eigenvalue weighted by molar-refractivity contribution is 5.81. The van der Waals surface area contributed by atoms with Crippen molar-refractivity contribution in [2.75, 3.05) is 19.3 Å². The highest BCUT2D eigenvalue weighted by Gasteiger charge is 2.24. The summed E-state index contributed by atoms with van der Waals surface area (Å²) < 4.78 is 1.74. The van der Waals surface area contributed by atoms with Crippen molar-refractivity contribution in [1.29, 1.82) is 5.26 Å². The van der Waals surface area contributed by atoms with Gasteiger partial charge in [-0.15, -0.1) is 0 Å². The Balaban J connectivity index is 3.27. The Morgan fingerprint density at radius 1 is 1.56 bits per heavy atom. The number of carbonyl (C=O) groups excluding carboxylic acids is 1. The van der Waals surface area contributed by atoms with Gasteiger partial charge in [0.15, 0.2) is 0 Å². The third kappa shape index (κ3) is 2.06. The third-order valence-corrected chi connectivity index (χ3v) is 3.50. The highest BCUT2D eigenvalue weighted by Crippen LogP contribution is 2.27. The average Bonchev–Trinajstić information content (AvgIpc) is 2.57. The standard InChI is InChI=1S/C13H20N4O/c1-6-16(5)13(18)10(4)17-9(3)8(2)11(7-14)12(17)15/h10H,6,15H2,1-5H3. The average molecular weight is 248 g/mol. The fourth-order valence-corrected chi connectivity index (χ4v) is 2.08. The van der Waals surface area contributed by atoms with Crippen molar-refractivity contribution in [3.63, 3.8) is 0 Å². The summed E-state index contributed by atoms with van der Waals surface area (Å²) in [5.74, 6) is 0.365. The van der Waals surface area contributed by atoms with Gasteiger partial charge in [-0.25, -0.2) is 0 Å². The minimum atomic E-state index is -0.393. The largest absolute Gasteiger partial charge is 0.384 e. The molecule has 0 aromatic carbocycles. The van der Waals surface area contributed by atoms with Crippen molar-refractivity contribution < 1.29 is 4.79 Å². The Morgan fingerprint density at radius 3 is 2.50 bits per heavy atom. The molecule has 1 rings (SSSR count). The number of carbonyl (C=O) groups is 1. The van der Waals surface area contributed by atoms with Crippen LogP contribution < -0.4 is 5.73 Å². The molecule has 0 aliphatic rings. The van der Waals surface area contributed by atoms with Crippen LogP contribution in [0, 0.1) is 25.2 Å². The topological polar surface area (TPSA) is 75.0 Å². The molecule has 5 heteroatoms. The zero-order chi connectivity index (χ0) is 14.0. The fraction of sp³-hybridized carbons (Fsp3) is 0.538.